The van der Waals surface area contributed by atoms with Crippen LogP contribution < -0.4 is 0 Å². The van der Waals surface area contributed by atoms with Crippen LogP contribution >= 0.6 is 0 Å². The van der Waals surface area contributed by atoms with Gasteiger partial charge in [0.1, 0.15) is 0 Å². The second-order valence-corrected chi connectivity index (χ2v) is 10.4. The van der Waals surface area contributed by atoms with Crippen LogP contribution in [0.1, 0.15) is 53.9 Å². The molecule has 2 N–H and O–H groups in total. The van der Waals surface area contributed by atoms with Crippen molar-refractivity contribution in [2.24, 2.45) is 22.7 Å². The Labute approximate surface area is 134 Å². The highest BCUT2D eigenvalue weighted by molar-refractivity contribution is 7.86. The molecule has 2 rings (SSSR count). The number of fused-ring (bicyclic) bond motifs is 1. The lowest BCUT2D eigenvalue weighted by atomic mass is 9.48. The van der Waals surface area contributed by atoms with E-state index in [2.05, 4.69) is 13.8 Å². The van der Waals surface area contributed by atoms with Crippen LogP contribution in [0.25, 0.3) is 0 Å². The maximum absolute atomic E-state index is 11.7. The fourth-order valence-electron chi connectivity index (χ4n) is 4.56. The van der Waals surface area contributed by atoms with Crippen molar-refractivity contribution >= 4 is 10.1 Å². The fraction of sp³-hybridized carbons (Fsp3) is 1.00. The highest BCUT2D eigenvalue weighted by Crippen LogP contribution is 2.59. The van der Waals surface area contributed by atoms with E-state index < -0.39 is 33.3 Å². The SMILES string of the molecule is C[C@@H]1C[C@]2(C)[C@@H](OS(C)(=O)=O)CC(C)(C)C[C@H]2[C@H](O)[C@]1(C)O. The van der Waals surface area contributed by atoms with Crippen molar-refractivity contribution in [3.8, 4) is 0 Å². The highest BCUT2D eigenvalue weighted by Gasteiger charge is 2.61. The first-order valence-electron chi connectivity index (χ1n) is 7.98. The molecule has 22 heavy (non-hydrogen) atoms. The second-order valence-electron chi connectivity index (χ2n) is 8.75. The van der Waals surface area contributed by atoms with Crippen LogP contribution in [0.2, 0.25) is 0 Å². The Kier molecular flexibility index (Phi) is 4.26. The summed E-state index contributed by atoms with van der Waals surface area (Å²) in [5.41, 5.74) is -1.76. The zero-order valence-electron chi connectivity index (χ0n) is 14.5. The molecule has 130 valence electrons. The van der Waals surface area contributed by atoms with Gasteiger partial charge in [0, 0.05) is 5.41 Å². The summed E-state index contributed by atoms with van der Waals surface area (Å²) in [6, 6.07) is 0. The quantitative estimate of drug-likeness (QED) is 0.754. The number of hydrogen-bond donors (Lipinski definition) is 2. The van der Waals surface area contributed by atoms with E-state index in [1.807, 2.05) is 13.8 Å². The van der Waals surface area contributed by atoms with Gasteiger partial charge in [-0.2, -0.15) is 8.42 Å². The fourth-order valence-corrected chi connectivity index (χ4v) is 5.27. The average Bonchev–Trinajstić information content (AvgIpc) is 2.29. The Balaban J connectivity index is 2.45. The van der Waals surface area contributed by atoms with Crippen molar-refractivity contribution in [2.75, 3.05) is 6.26 Å². The molecule has 0 saturated heterocycles. The summed E-state index contributed by atoms with van der Waals surface area (Å²) >= 11 is 0. The number of aliphatic hydroxyl groups excluding tert-OH is 1. The maximum atomic E-state index is 11.7. The normalized spacial score (nSPS) is 48.7. The number of aliphatic hydroxyl groups is 2. The smallest absolute Gasteiger partial charge is 0.264 e. The van der Waals surface area contributed by atoms with E-state index in [1.54, 1.807) is 6.92 Å². The molecule has 0 aromatic heterocycles. The van der Waals surface area contributed by atoms with E-state index >= 15 is 0 Å². The van der Waals surface area contributed by atoms with Crippen molar-refractivity contribution in [1.29, 1.82) is 0 Å². The Morgan fingerprint density at radius 1 is 1.09 bits per heavy atom. The van der Waals surface area contributed by atoms with Crippen LogP contribution in [0.3, 0.4) is 0 Å². The first-order chi connectivity index (χ1) is 9.69. The van der Waals surface area contributed by atoms with E-state index in [-0.39, 0.29) is 17.3 Å². The third kappa shape index (κ3) is 3.07. The molecule has 0 spiro atoms. The van der Waals surface area contributed by atoms with Crippen LogP contribution in [0.5, 0.6) is 0 Å². The zero-order valence-corrected chi connectivity index (χ0v) is 15.3. The summed E-state index contributed by atoms with van der Waals surface area (Å²) in [7, 11) is -3.57. The Morgan fingerprint density at radius 3 is 2.14 bits per heavy atom. The van der Waals surface area contributed by atoms with Gasteiger partial charge in [-0.15, -0.1) is 0 Å². The maximum Gasteiger partial charge on any atom is 0.264 e. The van der Waals surface area contributed by atoms with Crippen LogP contribution in [-0.4, -0.2) is 42.7 Å². The lowest BCUT2D eigenvalue weighted by molar-refractivity contribution is -0.225. The predicted octanol–water partition coefficient (Wildman–Crippen LogP) is 1.93. The summed E-state index contributed by atoms with van der Waals surface area (Å²) in [5, 5.41) is 21.4. The van der Waals surface area contributed by atoms with E-state index in [9.17, 15) is 18.6 Å². The van der Waals surface area contributed by atoms with Crippen LogP contribution in [0.4, 0.5) is 0 Å². The first-order valence-corrected chi connectivity index (χ1v) is 9.79. The van der Waals surface area contributed by atoms with Crippen molar-refractivity contribution in [3.63, 3.8) is 0 Å². The molecule has 0 aromatic carbocycles. The van der Waals surface area contributed by atoms with Crippen LogP contribution in [-0.2, 0) is 14.3 Å². The predicted molar refractivity (Wildman–Crippen MR) is 84.7 cm³/mol. The third-order valence-electron chi connectivity index (χ3n) is 6.11. The molecular weight excluding hydrogens is 304 g/mol. The minimum absolute atomic E-state index is 0.129. The molecule has 0 amide bonds. The van der Waals surface area contributed by atoms with Gasteiger partial charge in [0.15, 0.2) is 0 Å². The Morgan fingerprint density at radius 2 is 1.64 bits per heavy atom. The molecular formula is C16H30O5S. The molecule has 6 heteroatoms. The number of rotatable bonds is 2. The monoisotopic (exact) mass is 334 g/mol. The Hall–Kier alpha value is -0.170. The molecule has 0 aliphatic heterocycles. The summed E-state index contributed by atoms with van der Waals surface area (Å²) in [5.74, 6) is -0.315. The van der Waals surface area contributed by atoms with E-state index in [0.717, 1.165) is 12.7 Å². The molecule has 2 aliphatic carbocycles. The summed E-state index contributed by atoms with van der Waals surface area (Å²) < 4.78 is 28.8. The lowest BCUT2D eigenvalue weighted by Gasteiger charge is -2.60. The van der Waals surface area contributed by atoms with Crippen LogP contribution in [0.15, 0.2) is 0 Å². The first kappa shape index (κ1) is 18.2. The standard InChI is InChI=1S/C16H30O5S/c1-10-7-15(4)11(13(17)16(10,5)18)8-14(2,3)9-12(15)21-22(6,19)20/h10-13,17-18H,7-9H2,1-6H3/t10-,11+,12+,13+,15+,16-/m1/s1. The summed E-state index contributed by atoms with van der Waals surface area (Å²) in [6.45, 7) is 9.70. The van der Waals surface area contributed by atoms with Crippen molar-refractivity contribution in [3.05, 3.63) is 0 Å². The van der Waals surface area contributed by atoms with Gasteiger partial charge >= 0.3 is 0 Å². The molecule has 6 atom stereocenters. The van der Waals surface area contributed by atoms with Gasteiger partial charge in [-0.25, -0.2) is 0 Å². The molecule has 0 aromatic rings. The van der Waals surface area contributed by atoms with Crippen molar-refractivity contribution in [2.45, 2.75) is 71.7 Å². The molecule has 2 fully saturated rings. The highest BCUT2D eigenvalue weighted by atomic mass is 32.2. The Bertz CT molecular complexity index is 539. The average molecular weight is 334 g/mol. The molecule has 0 radical (unpaired) electrons. The van der Waals surface area contributed by atoms with Gasteiger partial charge < -0.3 is 10.2 Å². The van der Waals surface area contributed by atoms with Gasteiger partial charge in [-0.1, -0.05) is 27.7 Å². The number of hydrogen-bond acceptors (Lipinski definition) is 5. The van der Waals surface area contributed by atoms with E-state index in [4.69, 9.17) is 4.18 Å². The van der Waals surface area contributed by atoms with Crippen molar-refractivity contribution in [1.82, 2.24) is 0 Å². The topological polar surface area (TPSA) is 83.8 Å². The lowest BCUT2D eigenvalue weighted by Crippen LogP contribution is -2.64. The summed E-state index contributed by atoms with van der Waals surface area (Å²) in [4.78, 5) is 0. The van der Waals surface area contributed by atoms with Gasteiger partial charge in [-0.05, 0) is 43.4 Å². The largest absolute Gasteiger partial charge is 0.390 e. The van der Waals surface area contributed by atoms with E-state index in [0.29, 0.717) is 12.8 Å². The second kappa shape index (κ2) is 5.16. The molecule has 0 bridgehead atoms. The molecule has 0 heterocycles. The molecule has 2 saturated carbocycles. The minimum Gasteiger partial charge on any atom is -0.390 e. The van der Waals surface area contributed by atoms with E-state index in [1.165, 1.54) is 0 Å². The van der Waals surface area contributed by atoms with Gasteiger partial charge in [0.05, 0.1) is 24.1 Å². The molecule has 2 aliphatic rings. The van der Waals surface area contributed by atoms with Gasteiger partial charge in [0.25, 0.3) is 10.1 Å². The summed E-state index contributed by atoms with van der Waals surface area (Å²) in [6.07, 6.45) is 1.74. The van der Waals surface area contributed by atoms with Crippen LogP contribution in [0, 0.1) is 22.7 Å². The van der Waals surface area contributed by atoms with Crippen molar-refractivity contribution < 1.29 is 22.8 Å². The molecule has 5 nitrogen and oxygen atoms in total. The van der Waals surface area contributed by atoms with Gasteiger partial charge in [-0.3, -0.25) is 4.18 Å². The molecule has 0 unspecified atom stereocenters. The zero-order chi connectivity index (χ0) is 17.1. The van der Waals surface area contributed by atoms with Gasteiger partial charge in [0.2, 0.25) is 0 Å². The third-order valence-corrected chi connectivity index (χ3v) is 6.69. The minimum atomic E-state index is -3.57.